The van der Waals surface area contributed by atoms with Gasteiger partial charge in [-0.1, -0.05) is 24.3 Å². The third-order valence-corrected chi connectivity index (χ3v) is 6.35. The first-order valence-corrected chi connectivity index (χ1v) is 10.4. The van der Waals surface area contributed by atoms with Crippen molar-refractivity contribution in [2.75, 3.05) is 11.9 Å². The predicted octanol–water partition coefficient (Wildman–Crippen LogP) is 3.93. The van der Waals surface area contributed by atoms with Gasteiger partial charge in [0.15, 0.2) is 0 Å². The van der Waals surface area contributed by atoms with E-state index in [0.717, 1.165) is 36.1 Å². The predicted molar refractivity (Wildman–Crippen MR) is 110 cm³/mol. The van der Waals surface area contributed by atoms with E-state index in [2.05, 4.69) is 16.0 Å². The lowest BCUT2D eigenvalue weighted by molar-refractivity contribution is 0.0388. The van der Waals surface area contributed by atoms with Gasteiger partial charge in [0.05, 0.1) is 6.04 Å². The van der Waals surface area contributed by atoms with Crippen LogP contribution in [0.5, 0.6) is 5.75 Å². The second kappa shape index (κ2) is 7.10. The summed E-state index contributed by atoms with van der Waals surface area (Å²) in [6, 6.07) is 13.1. The summed E-state index contributed by atoms with van der Waals surface area (Å²) in [5, 5.41) is 8.98. The Morgan fingerprint density at radius 3 is 2.79 bits per heavy atom. The van der Waals surface area contributed by atoms with Crippen LogP contribution in [-0.2, 0) is 6.42 Å². The first kappa shape index (κ1) is 18.0. The number of para-hydroxylation sites is 1. The lowest BCUT2D eigenvalue weighted by atomic mass is 9.86. The summed E-state index contributed by atoms with van der Waals surface area (Å²) in [4.78, 5) is 25.0. The van der Waals surface area contributed by atoms with Crippen LogP contribution < -0.4 is 20.7 Å². The minimum absolute atomic E-state index is 0.0863. The molecule has 150 valence electrons. The molecule has 0 aromatic heterocycles. The maximum absolute atomic E-state index is 12.9. The molecule has 29 heavy (non-hydrogen) atoms. The Bertz CT molecular complexity index is 966. The molecular weight excluding hydrogens is 366 g/mol. The Morgan fingerprint density at radius 2 is 1.93 bits per heavy atom. The first-order chi connectivity index (χ1) is 14.1. The van der Waals surface area contributed by atoms with Crippen molar-refractivity contribution in [3.63, 3.8) is 0 Å². The van der Waals surface area contributed by atoms with Crippen molar-refractivity contribution in [2.24, 2.45) is 0 Å². The number of benzene rings is 2. The minimum atomic E-state index is -0.251. The molecule has 3 aliphatic rings. The number of urea groups is 1. The molecule has 1 saturated carbocycles. The zero-order chi connectivity index (χ0) is 19.8. The average molecular weight is 391 g/mol. The highest BCUT2D eigenvalue weighted by molar-refractivity contribution is 6.00. The zero-order valence-corrected chi connectivity index (χ0v) is 16.3. The molecular formula is C23H25N3O3. The van der Waals surface area contributed by atoms with Crippen LogP contribution in [0.3, 0.4) is 0 Å². The van der Waals surface area contributed by atoms with E-state index in [1.807, 2.05) is 30.3 Å². The summed E-state index contributed by atoms with van der Waals surface area (Å²) in [5.41, 5.74) is 3.08. The molecule has 1 aliphatic carbocycles. The molecule has 2 aromatic rings. The summed E-state index contributed by atoms with van der Waals surface area (Å²) in [6.45, 7) is 0.585. The molecule has 2 aromatic carbocycles. The van der Waals surface area contributed by atoms with E-state index in [4.69, 9.17) is 4.74 Å². The molecule has 0 saturated heterocycles. The number of anilines is 1. The van der Waals surface area contributed by atoms with Crippen LogP contribution in [0, 0.1) is 0 Å². The van der Waals surface area contributed by atoms with Crippen molar-refractivity contribution in [1.82, 2.24) is 10.6 Å². The van der Waals surface area contributed by atoms with Crippen LogP contribution in [0.4, 0.5) is 10.5 Å². The molecule has 1 spiro atoms. The Balaban J connectivity index is 1.37. The van der Waals surface area contributed by atoms with Gasteiger partial charge in [0.25, 0.3) is 5.91 Å². The van der Waals surface area contributed by atoms with Gasteiger partial charge in [0.1, 0.15) is 11.4 Å². The number of hydrogen-bond donors (Lipinski definition) is 3. The minimum Gasteiger partial charge on any atom is -0.487 e. The summed E-state index contributed by atoms with van der Waals surface area (Å²) < 4.78 is 6.38. The van der Waals surface area contributed by atoms with Gasteiger partial charge in [-0.15, -0.1) is 0 Å². The zero-order valence-electron chi connectivity index (χ0n) is 16.3. The fourth-order valence-corrected chi connectivity index (χ4v) is 4.97. The van der Waals surface area contributed by atoms with E-state index in [1.165, 1.54) is 12.8 Å². The van der Waals surface area contributed by atoms with E-state index in [0.29, 0.717) is 24.2 Å². The number of ether oxygens (including phenoxy) is 1. The van der Waals surface area contributed by atoms with Gasteiger partial charge < -0.3 is 20.7 Å². The number of rotatable bonds is 2. The highest BCUT2D eigenvalue weighted by Gasteiger charge is 2.43. The van der Waals surface area contributed by atoms with E-state index >= 15 is 0 Å². The number of nitrogens with one attached hydrogen (secondary N) is 3. The monoisotopic (exact) mass is 391 g/mol. The van der Waals surface area contributed by atoms with E-state index in [1.54, 1.807) is 12.1 Å². The van der Waals surface area contributed by atoms with Gasteiger partial charge in [-0.05, 0) is 55.9 Å². The van der Waals surface area contributed by atoms with Gasteiger partial charge in [0.2, 0.25) is 0 Å². The number of fused-ring (bicyclic) bond motifs is 2. The standard InChI is InChI=1S/C23H25N3O3/c27-21-16-7-5-8-18(15(16)10-13-24-21)25-22(28)26-19-14-23(11-3-4-12-23)29-20-9-2-1-6-17(19)20/h1-2,5-9,19H,3-4,10-14H2,(H,24,27)(H2,25,26,28). The molecule has 5 rings (SSSR count). The highest BCUT2D eigenvalue weighted by atomic mass is 16.5. The smallest absolute Gasteiger partial charge is 0.319 e. The number of hydrogen-bond acceptors (Lipinski definition) is 3. The highest BCUT2D eigenvalue weighted by Crippen LogP contribution is 2.47. The second-order valence-electron chi connectivity index (χ2n) is 8.22. The first-order valence-electron chi connectivity index (χ1n) is 10.4. The van der Waals surface area contributed by atoms with Gasteiger partial charge in [-0.25, -0.2) is 4.79 Å². The molecule has 2 heterocycles. The van der Waals surface area contributed by atoms with E-state index in [-0.39, 0.29) is 23.6 Å². The van der Waals surface area contributed by atoms with Crippen molar-refractivity contribution in [2.45, 2.75) is 50.2 Å². The van der Waals surface area contributed by atoms with Crippen LogP contribution >= 0.6 is 0 Å². The second-order valence-corrected chi connectivity index (χ2v) is 8.22. The molecule has 3 amide bonds. The summed E-state index contributed by atoms with van der Waals surface area (Å²) >= 11 is 0. The third kappa shape index (κ3) is 3.33. The lowest BCUT2D eigenvalue weighted by Crippen LogP contribution is -2.44. The SMILES string of the molecule is O=C(Nc1cccc2c1CCNC2=O)NC1CC2(CCCC2)Oc2ccccc21. The summed E-state index contributed by atoms with van der Waals surface area (Å²) in [5.74, 6) is 0.788. The third-order valence-electron chi connectivity index (χ3n) is 6.35. The van der Waals surface area contributed by atoms with Crippen LogP contribution in [0.15, 0.2) is 42.5 Å². The van der Waals surface area contributed by atoms with Gasteiger partial charge >= 0.3 is 6.03 Å². The normalized spacial score (nSPS) is 21.5. The van der Waals surface area contributed by atoms with Crippen molar-refractivity contribution in [3.05, 3.63) is 59.2 Å². The molecule has 6 nitrogen and oxygen atoms in total. The van der Waals surface area contributed by atoms with Gasteiger partial charge in [-0.3, -0.25) is 4.79 Å². The van der Waals surface area contributed by atoms with E-state index in [9.17, 15) is 9.59 Å². The van der Waals surface area contributed by atoms with Crippen molar-refractivity contribution in [1.29, 1.82) is 0 Å². The summed E-state index contributed by atoms with van der Waals surface area (Å²) in [6.07, 6.45) is 5.89. The number of carbonyl (C=O) groups is 2. The molecule has 1 atom stereocenters. The van der Waals surface area contributed by atoms with Gasteiger partial charge in [-0.2, -0.15) is 0 Å². The molecule has 1 fully saturated rings. The molecule has 6 heteroatoms. The quantitative estimate of drug-likeness (QED) is 0.726. The molecule has 1 unspecified atom stereocenters. The van der Waals surface area contributed by atoms with Crippen LogP contribution in [-0.4, -0.2) is 24.1 Å². The molecule has 2 aliphatic heterocycles. The molecule has 0 radical (unpaired) electrons. The topological polar surface area (TPSA) is 79.5 Å². The Kier molecular flexibility index (Phi) is 4.42. The Labute approximate surface area is 170 Å². The molecule has 0 bridgehead atoms. The van der Waals surface area contributed by atoms with Crippen LogP contribution in [0.1, 0.15) is 59.6 Å². The fraction of sp³-hybridized carbons (Fsp3) is 0.391. The Hall–Kier alpha value is -3.02. The van der Waals surface area contributed by atoms with Crippen LogP contribution in [0.2, 0.25) is 0 Å². The van der Waals surface area contributed by atoms with E-state index < -0.39 is 0 Å². The maximum Gasteiger partial charge on any atom is 0.319 e. The maximum atomic E-state index is 12.9. The van der Waals surface area contributed by atoms with Gasteiger partial charge in [0, 0.05) is 29.8 Å². The summed E-state index contributed by atoms with van der Waals surface area (Å²) in [7, 11) is 0. The average Bonchev–Trinajstić information content (AvgIpc) is 3.16. The van der Waals surface area contributed by atoms with Crippen LogP contribution in [0.25, 0.3) is 0 Å². The van der Waals surface area contributed by atoms with Crippen molar-refractivity contribution >= 4 is 17.6 Å². The number of carbonyl (C=O) groups excluding carboxylic acids is 2. The Morgan fingerprint density at radius 1 is 1.10 bits per heavy atom. The molecule has 3 N–H and O–H groups in total. The number of amides is 3. The largest absolute Gasteiger partial charge is 0.487 e. The fourth-order valence-electron chi connectivity index (χ4n) is 4.97. The lowest BCUT2D eigenvalue weighted by Gasteiger charge is -2.40. The van der Waals surface area contributed by atoms with Crippen molar-refractivity contribution < 1.29 is 14.3 Å². The van der Waals surface area contributed by atoms with Crippen molar-refractivity contribution in [3.8, 4) is 5.75 Å².